The number of non-ortho nitro benzene ring substituents is 1. The van der Waals surface area contributed by atoms with E-state index in [2.05, 4.69) is 5.32 Å². The molecule has 0 aromatic heterocycles. The highest BCUT2D eigenvalue weighted by Crippen LogP contribution is 2.40. The molecule has 0 saturated carbocycles. The maximum absolute atomic E-state index is 13.1. The Bertz CT molecular complexity index is 685. The van der Waals surface area contributed by atoms with Crippen LogP contribution in [0.5, 0.6) is 0 Å². The van der Waals surface area contributed by atoms with E-state index in [0.29, 0.717) is 11.0 Å². The molecule has 1 heterocycles. The molecule has 2 rings (SSSR count). The van der Waals surface area contributed by atoms with Crippen LogP contribution in [0.1, 0.15) is 19.4 Å². The number of carbonyl (C=O) groups is 2. The first-order chi connectivity index (χ1) is 9.95. The summed E-state index contributed by atoms with van der Waals surface area (Å²) in [6, 6.07) is 0.812. The Morgan fingerprint density at radius 1 is 1.27 bits per heavy atom. The molecule has 0 bridgehead atoms. The molecule has 0 unspecified atom stereocenters. The van der Waals surface area contributed by atoms with E-state index in [0.717, 1.165) is 12.1 Å². The van der Waals surface area contributed by atoms with Gasteiger partial charge in [0.15, 0.2) is 0 Å². The van der Waals surface area contributed by atoms with Crippen LogP contribution in [0.15, 0.2) is 18.2 Å². The van der Waals surface area contributed by atoms with Crippen LogP contribution in [0.3, 0.4) is 0 Å². The van der Waals surface area contributed by atoms with Crippen molar-refractivity contribution in [3.05, 3.63) is 33.9 Å². The molecule has 7 nitrogen and oxygen atoms in total. The minimum absolute atomic E-state index is 0.293. The summed E-state index contributed by atoms with van der Waals surface area (Å²) in [4.78, 5) is 33.8. The van der Waals surface area contributed by atoms with Gasteiger partial charge >= 0.3 is 12.2 Å². The summed E-state index contributed by atoms with van der Waals surface area (Å²) in [5.41, 5.74) is -4.32. The first kappa shape index (κ1) is 15.7. The zero-order valence-corrected chi connectivity index (χ0v) is 11.4. The minimum atomic E-state index is -4.96. The molecule has 10 heteroatoms. The van der Waals surface area contributed by atoms with Gasteiger partial charge in [0.05, 0.1) is 16.2 Å². The normalized spacial score (nSPS) is 17.6. The number of nitrogens with zero attached hydrogens (tertiary/aromatic N) is 2. The number of nitro groups is 1. The molecule has 0 aliphatic carbocycles. The van der Waals surface area contributed by atoms with Crippen molar-refractivity contribution in [2.24, 2.45) is 0 Å². The Morgan fingerprint density at radius 2 is 1.86 bits per heavy atom. The first-order valence-electron chi connectivity index (χ1n) is 5.97. The van der Waals surface area contributed by atoms with E-state index in [1.807, 2.05) is 0 Å². The molecule has 0 radical (unpaired) electrons. The molecule has 22 heavy (non-hydrogen) atoms. The summed E-state index contributed by atoms with van der Waals surface area (Å²) in [6.07, 6.45) is -4.96. The number of halogens is 3. The third kappa shape index (κ3) is 2.47. The predicted molar refractivity (Wildman–Crippen MR) is 68.2 cm³/mol. The zero-order chi connectivity index (χ0) is 16.9. The van der Waals surface area contributed by atoms with Gasteiger partial charge in [-0.3, -0.25) is 14.9 Å². The maximum atomic E-state index is 13.1. The number of imide groups is 1. The van der Waals surface area contributed by atoms with Crippen LogP contribution in [-0.4, -0.2) is 22.4 Å². The standard InChI is InChI=1S/C12H10F3N3O4/c1-11(2)9(19)17(10(20)16-11)8-4-3-6(18(21)22)5-7(8)12(13,14)15/h3-5H,1-2H3,(H,16,20). The van der Waals surface area contributed by atoms with Gasteiger partial charge in [-0.2, -0.15) is 13.2 Å². The average molecular weight is 317 g/mol. The van der Waals surface area contributed by atoms with Gasteiger partial charge in [0.25, 0.3) is 11.6 Å². The zero-order valence-electron chi connectivity index (χ0n) is 11.4. The highest BCUT2D eigenvalue weighted by atomic mass is 19.4. The Morgan fingerprint density at radius 3 is 2.27 bits per heavy atom. The molecule has 1 aliphatic rings. The fraction of sp³-hybridized carbons (Fsp3) is 0.333. The van der Waals surface area contributed by atoms with Crippen molar-refractivity contribution >= 4 is 23.3 Å². The van der Waals surface area contributed by atoms with Crippen molar-refractivity contribution in [1.29, 1.82) is 0 Å². The molecule has 0 spiro atoms. The SMILES string of the molecule is CC1(C)NC(=O)N(c2ccc([N+](=O)[O-])cc2C(F)(F)F)C1=O. The van der Waals surface area contributed by atoms with E-state index in [9.17, 15) is 32.9 Å². The van der Waals surface area contributed by atoms with Crippen molar-refractivity contribution in [2.45, 2.75) is 25.6 Å². The second-order valence-corrected chi connectivity index (χ2v) is 5.15. The Hall–Kier alpha value is -2.65. The van der Waals surface area contributed by atoms with Crippen LogP contribution in [0.4, 0.5) is 29.3 Å². The molecule has 1 aliphatic heterocycles. The number of amides is 3. The number of nitro benzene ring substituents is 1. The number of nitrogens with one attached hydrogen (secondary N) is 1. The Balaban J connectivity index is 2.63. The van der Waals surface area contributed by atoms with Gasteiger partial charge in [-0.15, -0.1) is 0 Å². The lowest BCUT2D eigenvalue weighted by molar-refractivity contribution is -0.385. The molecular weight excluding hydrogens is 307 g/mol. The summed E-state index contributed by atoms with van der Waals surface area (Å²) in [6.45, 7) is 2.68. The molecule has 1 saturated heterocycles. The summed E-state index contributed by atoms with van der Waals surface area (Å²) < 4.78 is 39.3. The van der Waals surface area contributed by atoms with Crippen LogP contribution in [0.2, 0.25) is 0 Å². The molecule has 1 N–H and O–H groups in total. The number of carbonyl (C=O) groups excluding carboxylic acids is 2. The van der Waals surface area contributed by atoms with Gasteiger partial charge in [-0.1, -0.05) is 0 Å². The molecule has 118 valence electrons. The fourth-order valence-electron chi connectivity index (χ4n) is 2.03. The third-order valence-electron chi connectivity index (χ3n) is 3.10. The predicted octanol–water partition coefficient (Wildman–Crippen LogP) is 2.45. The number of alkyl halides is 3. The lowest BCUT2D eigenvalue weighted by atomic mass is 10.1. The van der Waals surface area contributed by atoms with Crippen LogP contribution >= 0.6 is 0 Å². The Kier molecular flexibility index (Phi) is 3.35. The number of rotatable bonds is 2. The van der Waals surface area contributed by atoms with Gasteiger partial charge in [0.1, 0.15) is 5.54 Å². The lowest BCUT2D eigenvalue weighted by Crippen LogP contribution is -2.40. The van der Waals surface area contributed by atoms with Crippen molar-refractivity contribution in [1.82, 2.24) is 5.32 Å². The van der Waals surface area contributed by atoms with Gasteiger partial charge in [0.2, 0.25) is 0 Å². The van der Waals surface area contributed by atoms with Crippen LogP contribution < -0.4 is 10.2 Å². The minimum Gasteiger partial charge on any atom is -0.323 e. The van der Waals surface area contributed by atoms with Crippen molar-refractivity contribution < 1.29 is 27.7 Å². The quantitative estimate of drug-likeness (QED) is 0.515. The van der Waals surface area contributed by atoms with Gasteiger partial charge in [-0.05, 0) is 19.9 Å². The van der Waals surface area contributed by atoms with E-state index in [1.165, 1.54) is 13.8 Å². The molecule has 1 aromatic rings. The van der Waals surface area contributed by atoms with Crippen molar-refractivity contribution in [3.63, 3.8) is 0 Å². The molecular formula is C12H10F3N3O4. The summed E-state index contributed by atoms with van der Waals surface area (Å²) in [5, 5.41) is 12.9. The third-order valence-corrected chi connectivity index (χ3v) is 3.10. The van der Waals surface area contributed by atoms with Crippen LogP contribution in [-0.2, 0) is 11.0 Å². The number of hydrogen-bond donors (Lipinski definition) is 1. The maximum Gasteiger partial charge on any atom is 0.418 e. The van der Waals surface area contributed by atoms with E-state index in [4.69, 9.17) is 0 Å². The largest absolute Gasteiger partial charge is 0.418 e. The van der Waals surface area contributed by atoms with E-state index in [-0.39, 0.29) is 0 Å². The second-order valence-electron chi connectivity index (χ2n) is 5.15. The first-order valence-corrected chi connectivity index (χ1v) is 5.97. The second kappa shape index (κ2) is 4.68. The van der Waals surface area contributed by atoms with Gasteiger partial charge < -0.3 is 5.32 Å². The smallest absolute Gasteiger partial charge is 0.323 e. The van der Waals surface area contributed by atoms with Crippen LogP contribution in [0.25, 0.3) is 0 Å². The molecule has 1 aromatic carbocycles. The Labute approximate surface area is 121 Å². The number of hydrogen-bond acceptors (Lipinski definition) is 4. The number of anilines is 1. The molecule has 3 amide bonds. The molecule has 1 fully saturated rings. The fourth-order valence-corrected chi connectivity index (χ4v) is 2.03. The topological polar surface area (TPSA) is 92.6 Å². The van der Waals surface area contributed by atoms with Gasteiger partial charge in [-0.25, -0.2) is 9.69 Å². The highest BCUT2D eigenvalue weighted by Gasteiger charge is 2.48. The summed E-state index contributed by atoms with van der Waals surface area (Å²) >= 11 is 0. The summed E-state index contributed by atoms with van der Waals surface area (Å²) in [7, 11) is 0. The van der Waals surface area contributed by atoms with Crippen molar-refractivity contribution in [3.8, 4) is 0 Å². The number of benzene rings is 1. The van der Waals surface area contributed by atoms with Gasteiger partial charge in [0, 0.05) is 12.1 Å². The van der Waals surface area contributed by atoms with E-state index < -0.39 is 45.5 Å². The van der Waals surface area contributed by atoms with Crippen LogP contribution in [0, 0.1) is 10.1 Å². The van der Waals surface area contributed by atoms with E-state index in [1.54, 1.807) is 0 Å². The number of urea groups is 1. The molecule has 0 atom stereocenters. The van der Waals surface area contributed by atoms with Crippen molar-refractivity contribution in [2.75, 3.05) is 4.90 Å². The summed E-state index contributed by atoms with van der Waals surface area (Å²) in [5.74, 6) is -0.878. The highest BCUT2D eigenvalue weighted by molar-refractivity contribution is 6.23. The van der Waals surface area contributed by atoms with E-state index >= 15 is 0 Å². The monoisotopic (exact) mass is 317 g/mol. The lowest BCUT2D eigenvalue weighted by Gasteiger charge is -2.20. The average Bonchev–Trinajstić information content (AvgIpc) is 2.56.